The quantitative estimate of drug-likeness (QED) is 0.0386. The highest BCUT2D eigenvalue weighted by molar-refractivity contribution is 5.43. The van der Waals surface area contributed by atoms with Crippen molar-refractivity contribution in [1.29, 1.82) is 0 Å². The highest BCUT2D eigenvalue weighted by atomic mass is 16.5. The Balaban J connectivity index is 2.30. The van der Waals surface area contributed by atoms with E-state index in [1.807, 2.05) is 0 Å². The van der Waals surface area contributed by atoms with Crippen molar-refractivity contribution in [2.75, 3.05) is 52.5 Å². The van der Waals surface area contributed by atoms with Crippen LogP contribution in [0.3, 0.4) is 0 Å². The zero-order valence-corrected chi connectivity index (χ0v) is 40.8. The van der Waals surface area contributed by atoms with Gasteiger partial charge in [0.25, 0.3) is 0 Å². The van der Waals surface area contributed by atoms with Crippen molar-refractivity contribution in [3.05, 3.63) is 48.1 Å². The molecule has 0 atom stereocenters. The molecule has 1 aromatic carbocycles. The summed E-state index contributed by atoms with van der Waals surface area (Å²) in [6.45, 7) is 13.3. The van der Waals surface area contributed by atoms with E-state index in [0.717, 1.165) is 89.8 Å². The number of nitrogens with two attached hydrogens (primary N) is 1. The lowest BCUT2D eigenvalue weighted by Crippen LogP contribution is -2.21. The molecule has 6 heteroatoms. The maximum Gasteiger partial charge on any atom is 0.161 e. The highest BCUT2D eigenvalue weighted by Crippen LogP contribution is 2.29. The highest BCUT2D eigenvalue weighted by Gasteiger charge is 2.08. The average molecular weight is 853 g/mol. The van der Waals surface area contributed by atoms with Crippen LogP contribution in [0.1, 0.15) is 238 Å². The predicted octanol–water partition coefficient (Wildman–Crippen LogP) is 15.1. The molecule has 0 heterocycles. The third-order valence-corrected chi connectivity index (χ3v) is 11.9. The maximum absolute atomic E-state index is 6.43. The molecule has 356 valence electrons. The van der Waals surface area contributed by atoms with E-state index in [0.29, 0.717) is 0 Å². The zero-order chi connectivity index (χ0) is 43.6. The Hall–Kier alpha value is -1.86. The van der Waals surface area contributed by atoms with Crippen molar-refractivity contribution in [3.8, 4) is 11.5 Å². The molecule has 0 aromatic heterocycles. The van der Waals surface area contributed by atoms with E-state index in [-0.39, 0.29) is 0 Å². The Morgan fingerprint density at radius 1 is 0.393 bits per heavy atom. The lowest BCUT2D eigenvalue weighted by molar-refractivity contribution is 0.258. The van der Waals surface area contributed by atoms with E-state index in [4.69, 9.17) is 15.2 Å². The summed E-state index contributed by atoms with van der Waals surface area (Å²) < 4.78 is 12.8. The van der Waals surface area contributed by atoms with Crippen molar-refractivity contribution in [2.45, 2.75) is 239 Å². The van der Waals surface area contributed by atoms with Crippen LogP contribution >= 0.6 is 0 Å². The van der Waals surface area contributed by atoms with E-state index in [1.54, 1.807) is 0 Å². The Morgan fingerprint density at radius 2 is 0.754 bits per heavy atom. The third-order valence-electron chi connectivity index (χ3n) is 11.9. The summed E-state index contributed by atoms with van der Waals surface area (Å²) in [4.78, 5) is 0. The minimum atomic E-state index is 0.765. The lowest BCUT2D eigenvalue weighted by Gasteiger charge is -2.15. The Morgan fingerprint density at radius 3 is 1.18 bits per heavy atom. The number of hydrogen-bond donors (Lipinski definition) is 4. The summed E-state index contributed by atoms with van der Waals surface area (Å²) in [6, 6.07) is 6.59. The summed E-state index contributed by atoms with van der Waals surface area (Å²) in [7, 11) is 0. The summed E-state index contributed by atoms with van der Waals surface area (Å²) >= 11 is 0. The molecule has 0 aliphatic carbocycles. The topological polar surface area (TPSA) is 80.6 Å². The molecular weight excluding hydrogens is 749 g/mol. The van der Waals surface area contributed by atoms with Gasteiger partial charge in [-0.2, -0.15) is 0 Å². The maximum atomic E-state index is 6.43. The zero-order valence-electron chi connectivity index (χ0n) is 40.8. The van der Waals surface area contributed by atoms with Crippen molar-refractivity contribution in [1.82, 2.24) is 16.0 Å². The van der Waals surface area contributed by atoms with Crippen LogP contribution < -0.4 is 31.2 Å². The van der Waals surface area contributed by atoms with Crippen LogP contribution in [0.5, 0.6) is 11.5 Å². The van der Waals surface area contributed by atoms with E-state index in [2.05, 4.69) is 72.3 Å². The largest absolute Gasteiger partial charge is 0.490 e. The Bertz CT molecular complexity index is 1060. The van der Waals surface area contributed by atoms with Crippen molar-refractivity contribution in [2.24, 2.45) is 5.73 Å². The van der Waals surface area contributed by atoms with Crippen LogP contribution in [0.15, 0.2) is 42.5 Å². The molecule has 0 amide bonds. The minimum absolute atomic E-state index is 0.765. The molecule has 6 nitrogen and oxygen atoms in total. The minimum Gasteiger partial charge on any atom is -0.490 e. The first-order chi connectivity index (χ1) is 30.3. The van der Waals surface area contributed by atoms with Crippen molar-refractivity contribution in [3.63, 3.8) is 0 Å². The van der Waals surface area contributed by atoms with E-state index >= 15 is 0 Å². The molecule has 0 saturated carbocycles. The van der Waals surface area contributed by atoms with Gasteiger partial charge in [0.1, 0.15) is 0 Å². The van der Waals surface area contributed by atoms with E-state index < -0.39 is 0 Å². The van der Waals surface area contributed by atoms with Crippen LogP contribution in [0.4, 0.5) is 0 Å². The smallest absolute Gasteiger partial charge is 0.161 e. The second-order valence-corrected chi connectivity index (χ2v) is 17.9. The SMILES string of the molecule is CCCCCCCC/C=C\CCCCCCCCOc1ccc(CNCCCCNCCCCNCCCCN)cc1OCCCCCCCC/C=C\CCCCCCCC. The van der Waals surface area contributed by atoms with Gasteiger partial charge in [0, 0.05) is 6.54 Å². The van der Waals surface area contributed by atoms with Crippen molar-refractivity contribution >= 4 is 0 Å². The van der Waals surface area contributed by atoms with Gasteiger partial charge >= 0.3 is 0 Å². The van der Waals surface area contributed by atoms with Crippen LogP contribution in [0.2, 0.25) is 0 Å². The number of hydrogen-bond acceptors (Lipinski definition) is 6. The average Bonchev–Trinajstić information content (AvgIpc) is 3.27. The fourth-order valence-electron chi connectivity index (χ4n) is 7.83. The van der Waals surface area contributed by atoms with Gasteiger partial charge in [-0.05, 0) is 160 Å². The first-order valence-corrected chi connectivity index (χ1v) is 26.8. The Labute approximate surface area is 380 Å². The van der Waals surface area contributed by atoms with Gasteiger partial charge in [-0.1, -0.05) is 160 Å². The number of nitrogens with one attached hydrogen (secondary N) is 3. The molecule has 0 unspecified atom stereocenters. The summed E-state index contributed by atoms with van der Waals surface area (Å²) in [5.74, 6) is 1.83. The second-order valence-electron chi connectivity index (χ2n) is 17.9. The van der Waals surface area contributed by atoms with E-state index in [1.165, 1.54) is 205 Å². The lowest BCUT2D eigenvalue weighted by atomic mass is 10.1. The van der Waals surface area contributed by atoms with Gasteiger partial charge in [-0.3, -0.25) is 0 Å². The van der Waals surface area contributed by atoms with Crippen LogP contribution in [0, 0.1) is 0 Å². The second kappa shape index (κ2) is 49.2. The van der Waals surface area contributed by atoms with Gasteiger partial charge in [-0.15, -0.1) is 0 Å². The summed E-state index contributed by atoms with van der Waals surface area (Å²) in [5.41, 5.74) is 6.84. The molecule has 0 spiro atoms. The molecule has 5 N–H and O–H groups in total. The van der Waals surface area contributed by atoms with Gasteiger partial charge in [0.15, 0.2) is 11.5 Å². The van der Waals surface area contributed by atoms with Crippen molar-refractivity contribution < 1.29 is 9.47 Å². The molecule has 0 radical (unpaired) electrons. The van der Waals surface area contributed by atoms with Crippen LogP contribution in [-0.2, 0) is 6.54 Å². The first-order valence-electron chi connectivity index (χ1n) is 26.8. The fourth-order valence-corrected chi connectivity index (χ4v) is 7.83. The predicted molar refractivity (Wildman–Crippen MR) is 271 cm³/mol. The number of rotatable bonds is 50. The molecule has 0 fully saturated rings. The fraction of sp³-hybridized carbons (Fsp3) is 0.818. The van der Waals surface area contributed by atoms with Crippen LogP contribution in [0.25, 0.3) is 0 Å². The molecule has 61 heavy (non-hydrogen) atoms. The standard InChI is InChI=1S/C55H104N4O2/c1-3-5-7-9-11-13-15-17-19-21-23-25-27-29-31-39-49-60-54-42-41-53(52-59-48-38-37-47-58-46-36-35-45-57-44-34-33-43-56)51-55(54)61-50-40-32-30-28-26-24-22-20-18-16-14-12-10-8-6-4-2/h17-20,41-42,51,57-59H,3-16,21-40,43-50,52,56H2,1-2H3/b19-17-,20-18-. The number of allylic oxidation sites excluding steroid dienone is 4. The Kier molecular flexibility index (Phi) is 46.1. The summed E-state index contributed by atoms with van der Waals surface area (Å²) in [5, 5.41) is 10.8. The number of benzene rings is 1. The van der Waals surface area contributed by atoms with Gasteiger partial charge in [0.2, 0.25) is 0 Å². The molecule has 0 aliphatic rings. The van der Waals surface area contributed by atoms with Gasteiger partial charge in [-0.25, -0.2) is 0 Å². The van der Waals surface area contributed by atoms with E-state index in [9.17, 15) is 0 Å². The molecule has 0 aliphatic heterocycles. The number of unbranched alkanes of at least 4 members (excludes halogenated alkanes) is 27. The number of ether oxygens (including phenoxy) is 2. The molecule has 0 saturated heterocycles. The molecule has 1 aromatic rings. The molecule has 0 bridgehead atoms. The monoisotopic (exact) mass is 853 g/mol. The molecule has 1 rings (SSSR count). The van der Waals surface area contributed by atoms with Crippen LogP contribution in [-0.4, -0.2) is 52.5 Å². The molecular formula is C55H104N4O2. The summed E-state index contributed by atoms with van der Waals surface area (Å²) in [6.07, 6.45) is 53.9. The normalized spacial score (nSPS) is 11.8. The van der Waals surface area contributed by atoms with Gasteiger partial charge in [0.05, 0.1) is 13.2 Å². The van der Waals surface area contributed by atoms with Gasteiger partial charge < -0.3 is 31.2 Å². The third kappa shape index (κ3) is 41.9. The first kappa shape index (κ1) is 57.2.